The van der Waals surface area contributed by atoms with Crippen LogP contribution in [0.1, 0.15) is 6.92 Å². The maximum Gasteiger partial charge on any atom is 0.413 e. The highest BCUT2D eigenvalue weighted by molar-refractivity contribution is 7.21. The zero-order valence-corrected chi connectivity index (χ0v) is 8.87. The first-order valence-electron chi connectivity index (χ1n) is 4.45. The Kier molecular flexibility index (Phi) is 2.77. The molecule has 78 valence electrons. The highest BCUT2D eigenvalue weighted by Crippen LogP contribution is 2.23. The van der Waals surface area contributed by atoms with Crippen LogP contribution < -0.4 is 5.32 Å². The van der Waals surface area contributed by atoms with Crippen molar-refractivity contribution >= 4 is 32.9 Å². The molecule has 5 nitrogen and oxygen atoms in total. The molecular weight excluding hydrogens is 214 g/mol. The first-order valence-corrected chi connectivity index (χ1v) is 5.26. The van der Waals surface area contributed by atoms with E-state index in [-0.39, 0.29) is 0 Å². The van der Waals surface area contributed by atoms with Gasteiger partial charge >= 0.3 is 6.09 Å². The summed E-state index contributed by atoms with van der Waals surface area (Å²) in [5.41, 5.74) is 0.772. The van der Waals surface area contributed by atoms with E-state index in [4.69, 9.17) is 4.74 Å². The van der Waals surface area contributed by atoms with Crippen LogP contribution in [0.3, 0.4) is 0 Å². The SMILES string of the molecule is CCOC(=O)Nc1nc2cccnc2s1. The second kappa shape index (κ2) is 4.22. The fraction of sp³-hybridized carbons (Fsp3) is 0.222. The maximum atomic E-state index is 11.1. The summed E-state index contributed by atoms with van der Waals surface area (Å²) >= 11 is 1.32. The normalized spacial score (nSPS) is 10.2. The highest BCUT2D eigenvalue weighted by Gasteiger charge is 2.07. The second-order valence-electron chi connectivity index (χ2n) is 2.69. The Balaban J connectivity index is 2.18. The largest absolute Gasteiger partial charge is 0.450 e. The maximum absolute atomic E-state index is 11.1. The third-order valence-electron chi connectivity index (χ3n) is 1.65. The molecule has 0 spiro atoms. The quantitative estimate of drug-likeness (QED) is 0.848. The fourth-order valence-electron chi connectivity index (χ4n) is 1.08. The number of pyridine rings is 1. The molecule has 2 rings (SSSR count). The number of ether oxygens (including phenoxy) is 1. The number of rotatable bonds is 2. The standard InChI is InChI=1S/C9H9N3O2S/c1-2-14-9(13)12-8-11-6-4-3-5-10-7(6)15-8/h3-5H,2H2,1H3,(H,11,12,13). The minimum absolute atomic E-state index is 0.342. The van der Waals surface area contributed by atoms with Gasteiger partial charge in [0.15, 0.2) is 5.13 Å². The first-order chi connectivity index (χ1) is 7.29. The van der Waals surface area contributed by atoms with E-state index in [0.29, 0.717) is 11.7 Å². The van der Waals surface area contributed by atoms with Gasteiger partial charge in [-0.1, -0.05) is 11.3 Å². The number of carbonyl (C=O) groups excluding carboxylic acids is 1. The smallest absolute Gasteiger partial charge is 0.413 e. The predicted octanol–water partition coefficient (Wildman–Crippen LogP) is 2.26. The number of aromatic nitrogens is 2. The van der Waals surface area contributed by atoms with Gasteiger partial charge in [-0.3, -0.25) is 5.32 Å². The van der Waals surface area contributed by atoms with Gasteiger partial charge in [0.05, 0.1) is 6.61 Å². The van der Waals surface area contributed by atoms with Crippen molar-refractivity contribution in [2.24, 2.45) is 0 Å². The van der Waals surface area contributed by atoms with Crippen molar-refractivity contribution in [3.05, 3.63) is 18.3 Å². The lowest BCUT2D eigenvalue weighted by atomic mass is 10.5. The Hall–Kier alpha value is -1.69. The molecule has 0 aromatic carbocycles. The Bertz CT molecular complexity index is 450. The van der Waals surface area contributed by atoms with Crippen LogP contribution >= 0.6 is 11.3 Å². The lowest BCUT2D eigenvalue weighted by molar-refractivity contribution is 0.168. The zero-order chi connectivity index (χ0) is 10.7. The summed E-state index contributed by atoms with van der Waals surface area (Å²) < 4.78 is 4.74. The van der Waals surface area contributed by atoms with Crippen molar-refractivity contribution in [2.75, 3.05) is 11.9 Å². The van der Waals surface area contributed by atoms with E-state index in [9.17, 15) is 4.79 Å². The molecule has 2 aromatic heterocycles. The van der Waals surface area contributed by atoms with Crippen LogP contribution in [0.2, 0.25) is 0 Å². The van der Waals surface area contributed by atoms with Crippen LogP contribution in [-0.4, -0.2) is 22.7 Å². The van der Waals surface area contributed by atoms with Crippen molar-refractivity contribution in [2.45, 2.75) is 6.92 Å². The number of nitrogens with zero attached hydrogens (tertiary/aromatic N) is 2. The van der Waals surface area contributed by atoms with Crippen LogP contribution in [0.15, 0.2) is 18.3 Å². The molecule has 0 aliphatic rings. The van der Waals surface area contributed by atoms with Crippen molar-refractivity contribution < 1.29 is 9.53 Å². The Morgan fingerprint density at radius 3 is 3.27 bits per heavy atom. The molecule has 0 fully saturated rings. The van der Waals surface area contributed by atoms with E-state index >= 15 is 0 Å². The van der Waals surface area contributed by atoms with Crippen molar-refractivity contribution in [3.8, 4) is 0 Å². The molecule has 6 heteroatoms. The van der Waals surface area contributed by atoms with Gasteiger partial charge < -0.3 is 4.74 Å². The number of thiazole rings is 1. The number of nitrogens with one attached hydrogen (secondary N) is 1. The third kappa shape index (κ3) is 2.21. The molecule has 2 aromatic rings. The number of hydrogen-bond acceptors (Lipinski definition) is 5. The second-order valence-corrected chi connectivity index (χ2v) is 3.67. The van der Waals surface area contributed by atoms with Gasteiger partial charge in [0.25, 0.3) is 0 Å². The Morgan fingerprint density at radius 1 is 1.67 bits per heavy atom. The summed E-state index contributed by atoms with van der Waals surface area (Å²) in [5.74, 6) is 0. The van der Waals surface area contributed by atoms with Crippen molar-refractivity contribution in [3.63, 3.8) is 0 Å². The summed E-state index contributed by atoms with van der Waals surface area (Å²) in [5, 5.41) is 3.04. The van der Waals surface area contributed by atoms with Crippen LogP contribution in [0, 0.1) is 0 Å². The topological polar surface area (TPSA) is 64.1 Å². The third-order valence-corrected chi connectivity index (χ3v) is 2.55. The minimum Gasteiger partial charge on any atom is -0.450 e. The summed E-state index contributed by atoms with van der Waals surface area (Å²) in [6.07, 6.45) is 1.20. The molecular formula is C9H9N3O2S. The molecule has 1 N–H and O–H groups in total. The van der Waals surface area contributed by atoms with Crippen LogP contribution in [0.25, 0.3) is 10.3 Å². The monoisotopic (exact) mass is 223 g/mol. The Labute approximate surface area is 90.1 Å². The molecule has 0 saturated heterocycles. The van der Waals surface area contributed by atoms with Gasteiger partial charge in [-0.15, -0.1) is 0 Å². The predicted molar refractivity (Wildman–Crippen MR) is 58.1 cm³/mol. The summed E-state index contributed by atoms with van der Waals surface area (Å²) in [4.78, 5) is 20.2. The zero-order valence-electron chi connectivity index (χ0n) is 8.06. The van der Waals surface area contributed by atoms with Gasteiger partial charge in [-0.2, -0.15) is 0 Å². The molecule has 0 unspecified atom stereocenters. The van der Waals surface area contributed by atoms with E-state index < -0.39 is 6.09 Å². The van der Waals surface area contributed by atoms with Gasteiger partial charge in [0.1, 0.15) is 10.3 Å². The van der Waals surface area contributed by atoms with E-state index in [1.54, 1.807) is 19.2 Å². The number of amides is 1. The van der Waals surface area contributed by atoms with Crippen molar-refractivity contribution in [1.82, 2.24) is 9.97 Å². The molecule has 0 bridgehead atoms. The molecule has 0 atom stereocenters. The Morgan fingerprint density at radius 2 is 2.53 bits per heavy atom. The highest BCUT2D eigenvalue weighted by atomic mass is 32.1. The van der Waals surface area contributed by atoms with Crippen molar-refractivity contribution in [1.29, 1.82) is 0 Å². The average Bonchev–Trinajstić information content (AvgIpc) is 2.59. The summed E-state index contributed by atoms with van der Waals surface area (Å²) in [6, 6.07) is 3.64. The number of hydrogen-bond donors (Lipinski definition) is 1. The van der Waals surface area contributed by atoms with Crippen LogP contribution in [0.4, 0.5) is 9.93 Å². The van der Waals surface area contributed by atoms with E-state index in [1.165, 1.54) is 11.3 Å². The average molecular weight is 223 g/mol. The lowest BCUT2D eigenvalue weighted by Gasteiger charge is -1.99. The van der Waals surface area contributed by atoms with E-state index in [2.05, 4.69) is 15.3 Å². The number of fused-ring (bicyclic) bond motifs is 1. The first kappa shape index (κ1) is 9.85. The van der Waals surface area contributed by atoms with Crippen LogP contribution in [0.5, 0.6) is 0 Å². The van der Waals surface area contributed by atoms with E-state index in [0.717, 1.165) is 10.3 Å². The molecule has 1 amide bonds. The molecule has 0 aliphatic heterocycles. The summed E-state index contributed by atoms with van der Waals surface area (Å²) in [6.45, 7) is 2.09. The summed E-state index contributed by atoms with van der Waals surface area (Å²) in [7, 11) is 0. The number of anilines is 1. The van der Waals surface area contributed by atoms with Gasteiger partial charge in [0.2, 0.25) is 0 Å². The lowest BCUT2D eigenvalue weighted by Crippen LogP contribution is -2.12. The van der Waals surface area contributed by atoms with Gasteiger partial charge in [0, 0.05) is 6.20 Å². The van der Waals surface area contributed by atoms with Gasteiger partial charge in [-0.25, -0.2) is 14.8 Å². The van der Waals surface area contributed by atoms with Crippen LogP contribution in [-0.2, 0) is 4.74 Å². The minimum atomic E-state index is -0.489. The molecule has 2 heterocycles. The van der Waals surface area contributed by atoms with Gasteiger partial charge in [-0.05, 0) is 19.1 Å². The molecule has 0 aliphatic carbocycles. The molecule has 0 radical (unpaired) electrons. The fourth-order valence-corrected chi connectivity index (χ4v) is 1.87. The molecule has 15 heavy (non-hydrogen) atoms. The molecule has 0 saturated carbocycles. The number of carbonyl (C=O) groups is 1. The van der Waals surface area contributed by atoms with E-state index in [1.807, 2.05) is 6.07 Å².